The second kappa shape index (κ2) is 5.70. The van der Waals surface area contributed by atoms with Gasteiger partial charge in [0.15, 0.2) is 0 Å². The fourth-order valence-corrected chi connectivity index (χ4v) is 1.93. The van der Waals surface area contributed by atoms with Crippen molar-refractivity contribution in [1.29, 1.82) is 0 Å². The van der Waals surface area contributed by atoms with Crippen LogP contribution in [0.4, 0.5) is 0 Å². The first-order chi connectivity index (χ1) is 8.33. The van der Waals surface area contributed by atoms with E-state index in [1.54, 1.807) is 18.0 Å². The standard InChI is InChI=1S/C13H14N2OS/c1-17-12-5-3-2-4-11(12)16-13-7-6-10(8-14)9-15-13/h2-7,9H,8,14H2,1H3. The van der Waals surface area contributed by atoms with Crippen LogP contribution in [0.5, 0.6) is 11.6 Å². The number of ether oxygens (including phenoxy) is 1. The Kier molecular flexibility index (Phi) is 4.01. The molecule has 0 aliphatic rings. The minimum absolute atomic E-state index is 0.495. The van der Waals surface area contributed by atoms with Crippen molar-refractivity contribution in [3.8, 4) is 11.6 Å². The summed E-state index contributed by atoms with van der Waals surface area (Å²) >= 11 is 1.65. The molecule has 4 heteroatoms. The summed E-state index contributed by atoms with van der Waals surface area (Å²) in [6.45, 7) is 0.495. The molecular weight excluding hydrogens is 232 g/mol. The highest BCUT2D eigenvalue weighted by Gasteiger charge is 2.03. The Balaban J connectivity index is 2.19. The van der Waals surface area contributed by atoms with E-state index in [9.17, 15) is 0 Å². The molecule has 0 amide bonds. The lowest BCUT2D eigenvalue weighted by Gasteiger charge is -2.08. The molecule has 0 saturated heterocycles. The van der Waals surface area contributed by atoms with Crippen molar-refractivity contribution >= 4 is 11.8 Å². The first kappa shape index (κ1) is 12.0. The summed E-state index contributed by atoms with van der Waals surface area (Å²) in [5, 5.41) is 0. The molecule has 0 fully saturated rings. The summed E-state index contributed by atoms with van der Waals surface area (Å²) in [6.07, 6.45) is 3.75. The van der Waals surface area contributed by atoms with E-state index in [1.807, 2.05) is 42.7 Å². The third-order valence-corrected chi connectivity index (χ3v) is 3.09. The molecule has 88 valence electrons. The zero-order chi connectivity index (χ0) is 12.1. The number of para-hydroxylation sites is 1. The molecule has 0 atom stereocenters. The van der Waals surface area contributed by atoms with Gasteiger partial charge in [0, 0.05) is 23.7 Å². The molecule has 2 rings (SSSR count). The average Bonchev–Trinajstić information content (AvgIpc) is 2.40. The molecule has 1 aromatic carbocycles. The number of hydrogen-bond donors (Lipinski definition) is 1. The van der Waals surface area contributed by atoms with Crippen LogP contribution in [0.2, 0.25) is 0 Å². The maximum atomic E-state index is 5.73. The van der Waals surface area contributed by atoms with Gasteiger partial charge >= 0.3 is 0 Å². The summed E-state index contributed by atoms with van der Waals surface area (Å²) in [4.78, 5) is 5.30. The van der Waals surface area contributed by atoms with Gasteiger partial charge in [0.2, 0.25) is 5.88 Å². The molecule has 2 N–H and O–H groups in total. The van der Waals surface area contributed by atoms with Gasteiger partial charge in [-0.2, -0.15) is 0 Å². The van der Waals surface area contributed by atoms with Crippen molar-refractivity contribution < 1.29 is 4.74 Å². The van der Waals surface area contributed by atoms with Gasteiger partial charge < -0.3 is 10.5 Å². The predicted octanol–water partition coefficient (Wildman–Crippen LogP) is 3.05. The maximum absolute atomic E-state index is 5.73. The lowest BCUT2D eigenvalue weighted by Crippen LogP contribution is -1.97. The van der Waals surface area contributed by atoms with E-state index in [1.165, 1.54) is 0 Å². The number of pyridine rings is 1. The zero-order valence-corrected chi connectivity index (χ0v) is 10.4. The molecule has 0 bridgehead atoms. The molecule has 0 aliphatic heterocycles. The molecule has 3 nitrogen and oxygen atoms in total. The van der Waals surface area contributed by atoms with E-state index < -0.39 is 0 Å². The Hall–Kier alpha value is -1.52. The number of benzene rings is 1. The van der Waals surface area contributed by atoms with Crippen molar-refractivity contribution in [3.05, 3.63) is 48.2 Å². The third kappa shape index (κ3) is 2.99. The molecule has 0 spiro atoms. The first-order valence-corrected chi connectivity index (χ1v) is 6.52. The molecule has 2 aromatic rings. The minimum Gasteiger partial charge on any atom is -0.438 e. The molecular formula is C13H14N2OS. The molecule has 0 unspecified atom stereocenters. The zero-order valence-electron chi connectivity index (χ0n) is 9.59. The van der Waals surface area contributed by atoms with Gasteiger partial charge in [-0.3, -0.25) is 0 Å². The van der Waals surface area contributed by atoms with Gasteiger partial charge in [-0.05, 0) is 24.0 Å². The number of thioether (sulfide) groups is 1. The maximum Gasteiger partial charge on any atom is 0.219 e. The van der Waals surface area contributed by atoms with Crippen LogP contribution in [-0.4, -0.2) is 11.2 Å². The second-order valence-corrected chi connectivity index (χ2v) is 4.31. The summed E-state index contributed by atoms with van der Waals surface area (Å²) < 4.78 is 5.73. The fraction of sp³-hybridized carbons (Fsp3) is 0.154. The van der Waals surface area contributed by atoms with Gasteiger partial charge in [0.05, 0.1) is 0 Å². The number of nitrogens with two attached hydrogens (primary N) is 1. The van der Waals surface area contributed by atoms with Crippen LogP contribution < -0.4 is 10.5 Å². The average molecular weight is 246 g/mol. The van der Waals surface area contributed by atoms with Gasteiger partial charge in [0.25, 0.3) is 0 Å². The number of nitrogens with zero attached hydrogens (tertiary/aromatic N) is 1. The second-order valence-electron chi connectivity index (χ2n) is 3.46. The Morgan fingerprint density at radius 1 is 1.24 bits per heavy atom. The van der Waals surface area contributed by atoms with Crippen LogP contribution in [0.15, 0.2) is 47.5 Å². The molecule has 0 radical (unpaired) electrons. The largest absolute Gasteiger partial charge is 0.438 e. The van der Waals surface area contributed by atoms with E-state index in [0.717, 1.165) is 16.2 Å². The molecule has 1 aromatic heterocycles. The Labute approximate surface area is 105 Å². The highest BCUT2D eigenvalue weighted by Crippen LogP contribution is 2.30. The quantitative estimate of drug-likeness (QED) is 0.842. The van der Waals surface area contributed by atoms with Gasteiger partial charge in [-0.15, -0.1) is 11.8 Å². The smallest absolute Gasteiger partial charge is 0.219 e. The van der Waals surface area contributed by atoms with E-state index in [0.29, 0.717) is 12.4 Å². The summed E-state index contributed by atoms with van der Waals surface area (Å²) in [7, 11) is 0. The lowest BCUT2D eigenvalue weighted by molar-refractivity contribution is 0.452. The van der Waals surface area contributed by atoms with Crippen molar-refractivity contribution in [2.75, 3.05) is 6.26 Å². The Bertz CT molecular complexity index is 485. The van der Waals surface area contributed by atoms with E-state index in [2.05, 4.69) is 4.98 Å². The van der Waals surface area contributed by atoms with Crippen molar-refractivity contribution in [2.24, 2.45) is 5.73 Å². The SMILES string of the molecule is CSc1ccccc1Oc1ccc(CN)cn1. The van der Waals surface area contributed by atoms with Crippen molar-refractivity contribution in [1.82, 2.24) is 4.98 Å². The fourth-order valence-electron chi connectivity index (χ4n) is 1.41. The molecule has 0 aliphatic carbocycles. The normalized spacial score (nSPS) is 10.2. The van der Waals surface area contributed by atoms with Crippen LogP contribution >= 0.6 is 11.8 Å². The number of aromatic nitrogens is 1. The Morgan fingerprint density at radius 2 is 2.06 bits per heavy atom. The van der Waals surface area contributed by atoms with Gasteiger partial charge in [-0.25, -0.2) is 4.98 Å². The van der Waals surface area contributed by atoms with E-state index >= 15 is 0 Å². The lowest BCUT2D eigenvalue weighted by atomic mass is 10.3. The van der Waals surface area contributed by atoms with E-state index in [4.69, 9.17) is 10.5 Å². The predicted molar refractivity (Wildman–Crippen MR) is 70.4 cm³/mol. The third-order valence-electron chi connectivity index (χ3n) is 2.32. The van der Waals surface area contributed by atoms with E-state index in [-0.39, 0.29) is 0 Å². The highest BCUT2D eigenvalue weighted by atomic mass is 32.2. The van der Waals surface area contributed by atoms with Crippen LogP contribution in [0, 0.1) is 0 Å². The number of hydrogen-bond acceptors (Lipinski definition) is 4. The van der Waals surface area contributed by atoms with Gasteiger partial charge in [-0.1, -0.05) is 18.2 Å². The molecule has 17 heavy (non-hydrogen) atoms. The highest BCUT2D eigenvalue weighted by molar-refractivity contribution is 7.98. The van der Waals surface area contributed by atoms with Crippen molar-refractivity contribution in [2.45, 2.75) is 11.4 Å². The Morgan fingerprint density at radius 3 is 2.71 bits per heavy atom. The summed E-state index contributed by atoms with van der Waals surface area (Å²) in [6, 6.07) is 11.6. The van der Waals surface area contributed by atoms with Crippen LogP contribution in [0.25, 0.3) is 0 Å². The van der Waals surface area contributed by atoms with Crippen LogP contribution in [0.3, 0.4) is 0 Å². The first-order valence-electron chi connectivity index (χ1n) is 5.29. The summed E-state index contributed by atoms with van der Waals surface area (Å²) in [5.74, 6) is 1.41. The van der Waals surface area contributed by atoms with Crippen LogP contribution in [0.1, 0.15) is 5.56 Å². The van der Waals surface area contributed by atoms with Crippen LogP contribution in [-0.2, 0) is 6.54 Å². The molecule has 1 heterocycles. The topological polar surface area (TPSA) is 48.1 Å². The van der Waals surface area contributed by atoms with Crippen molar-refractivity contribution in [3.63, 3.8) is 0 Å². The summed E-state index contributed by atoms with van der Waals surface area (Å²) in [5.41, 5.74) is 6.51. The number of rotatable bonds is 4. The minimum atomic E-state index is 0.495. The monoisotopic (exact) mass is 246 g/mol. The molecule has 0 saturated carbocycles. The van der Waals surface area contributed by atoms with Gasteiger partial charge in [0.1, 0.15) is 5.75 Å².